The zero-order valence-electron chi connectivity index (χ0n) is 13.5. The Bertz CT molecular complexity index is 797. The van der Waals surface area contributed by atoms with Crippen molar-refractivity contribution in [1.29, 1.82) is 0 Å². The lowest BCUT2D eigenvalue weighted by Gasteiger charge is -2.31. The highest BCUT2D eigenvalue weighted by Gasteiger charge is 2.30. The van der Waals surface area contributed by atoms with Gasteiger partial charge in [-0.2, -0.15) is 4.31 Å². The van der Waals surface area contributed by atoms with Gasteiger partial charge in [-0.1, -0.05) is 18.2 Å². The number of piperidine rings is 1. The number of halogens is 1. The number of hydrogen-bond donors (Lipinski definition) is 0. The lowest BCUT2D eigenvalue weighted by atomic mass is 10.1. The van der Waals surface area contributed by atoms with E-state index in [1.807, 2.05) is 6.07 Å². The average Bonchev–Trinajstić information content (AvgIpc) is 2.58. The van der Waals surface area contributed by atoms with E-state index in [9.17, 15) is 12.8 Å². The van der Waals surface area contributed by atoms with Crippen molar-refractivity contribution in [2.24, 2.45) is 0 Å². The van der Waals surface area contributed by atoms with Crippen LogP contribution in [0.25, 0.3) is 0 Å². The summed E-state index contributed by atoms with van der Waals surface area (Å²) in [4.78, 5) is 0.364. The van der Waals surface area contributed by atoms with E-state index in [2.05, 4.69) is 0 Å². The molecule has 0 aliphatic carbocycles. The third kappa shape index (κ3) is 3.60. The minimum atomic E-state index is -3.47. The number of nitrogens with zero attached hydrogens (tertiary/aromatic N) is 1. The maximum atomic E-state index is 12.9. The van der Waals surface area contributed by atoms with Crippen LogP contribution < -0.4 is 4.74 Å². The van der Waals surface area contributed by atoms with Gasteiger partial charge in [0.15, 0.2) is 0 Å². The second-order valence-corrected chi connectivity index (χ2v) is 7.85. The van der Waals surface area contributed by atoms with Gasteiger partial charge in [-0.05, 0) is 55.7 Å². The Morgan fingerprint density at radius 2 is 1.67 bits per heavy atom. The second-order valence-electron chi connectivity index (χ2n) is 5.94. The van der Waals surface area contributed by atoms with Crippen molar-refractivity contribution in [3.05, 3.63) is 59.9 Å². The van der Waals surface area contributed by atoms with Crippen LogP contribution in [0, 0.1) is 12.7 Å². The third-order valence-corrected chi connectivity index (χ3v) is 6.29. The topological polar surface area (TPSA) is 46.6 Å². The van der Waals surface area contributed by atoms with Crippen LogP contribution in [0.1, 0.15) is 18.4 Å². The van der Waals surface area contributed by atoms with E-state index >= 15 is 0 Å². The first-order valence-electron chi connectivity index (χ1n) is 7.95. The molecule has 3 rings (SSSR count). The minimum absolute atomic E-state index is 0.0567. The monoisotopic (exact) mass is 349 g/mol. The Hall–Kier alpha value is -1.92. The van der Waals surface area contributed by atoms with Gasteiger partial charge in [0.2, 0.25) is 10.0 Å². The third-order valence-electron chi connectivity index (χ3n) is 4.23. The zero-order chi connectivity index (χ0) is 17.2. The van der Waals surface area contributed by atoms with Crippen LogP contribution in [0.3, 0.4) is 0 Å². The van der Waals surface area contributed by atoms with E-state index in [0.717, 1.165) is 5.56 Å². The van der Waals surface area contributed by atoms with Crippen LogP contribution in [-0.4, -0.2) is 31.9 Å². The summed E-state index contributed by atoms with van der Waals surface area (Å²) in [5, 5.41) is 0. The van der Waals surface area contributed by atoms with E-state index in [1.165, 1.54) is 16.4 Å². The summed E-state index contributed by atoms with van der Waals surface area (Å²) in [6.07, 6.45) is 1.17. The fraction of sp³-hybridized carbons (Fsp3) is 0.333. The van der Waals surface area contributed by atoms with Crippen molar-refractivity contribution in [2.45, 2.75) is 30.8 Å². The fourth-order valence-electron chi connectivity index (χ4n) is 2.88. The summed E-state index contributed by atoms with van der Waals surface area (Å²) < 4.78 is 45.7. The molecule has 2 aromatic carbocycles. The lowest BCUT2D eigenvalue weighted by molar-refractivity contribution is 0.135. The Labute approximate surface area is 141 Å². The molecule has 0 spiro atoms. The maximum Gasteiger partial charge on any atom is 0.243 e. The molecule has 0 bridgehead atoms. The van der Waals surface area contributed by atoms with E-state index in [-0.39, 0.29) is 11.9 Å². The Kier molecular flexibility index (Phi) is 4.87. The van der Waals surface area contributed by atoms with Crippen LogP contribution in [0.4, 0.5) is 4.39 Å². The molecule has 1 heterocycles. The highest BCUT2D eigenvalue weighted by atomic mass is 32.2. The molecular weight excluding hydrogens is 329 g/mol. The quantitative estimate of drug-likeness (QED) is 0.850. The molecule has 6 heteroatoms. The molecule has 0 aromatic heterocycles. The largest absolute Gasteiger partial charge is 0.490 e. The molecule has 24 heavy (non-hydrogen) atoms. The molecule has 1 aliphatic rings. The molecule has 0 N–H and O–H groups in total. The van der Waals surface area contributed by atoms with Crippen molar-refractivity contribution in [1.82, 2.24) is 4.31 Å². The van der Waals surface area contributed by atoms with E-state index in [1.54, 1.807) is 37.3 Å². The first-order chi connectivity index (χ1) is 11.5. The smallest absolute Gasteiger partial charge is 0.243 e. The molecule has 1 fully saturated rings. The summed E-state index contributed by atoms with van der Waals surface area (Å²) in [6.45, 7) is 2.64. The van der Waals surface area contributed by atoms with Crippen molar-refractivity contribution in [2.75, 3.05) is 13.1 Å². The Morgan fingerprint density at radius 3 is 2.29 bits per heavy atom. The van der Waals surface area contributed by atoms with E-state index in [4.69, 9.17) is 4.74 Å². The predicted molar refractivity (Wildman–Crippen MR) is 90.0 cm³/mol. The SMILES string of the molecule is Cc1ccccc1S(=O)(=O)N1CCC(Oc2ccc(F)cc2)CC1. The van der Waals surface area contributed by atoms with Gasteiger partial charge in [0, 0.05) is 13.1 Å². The highest BCUT2D eigenvalue weighted by molar-refractivity contribution is 7.89. The Balaban J connectivity index is 1.64. The second kappa shape index (κ2) is 6.91. The molecule has 0 radical (unpaired) electrons. The van der Waals surface area contributed by atoms with Gasteiger partial charge in [-0.25, -0.2) is 12.8 Å². The van der Waals surface area contributed by atoms with E-state index in [0.29, 0.717) is 36.6 Å². The van der Waals surface area contributed by atoms with Gasteiger partial charge in [0.05, 0.1) is 4.90 Å². The molecule has 1 saturated heterocycles. The van der Waals surface area contributed by atoms with Crippen molar-refractivity contribution in [3.63, 3.8) is 0 Å². The summed E-state index contributed by atoms with van der Waals surface area (Å²) >= 11 is 0. The molecule has 0 unspecified atom stereocenters. The van der Waals surface area contributed by atoms with Crippen molar-refractivity contribution in [3.8, 4) is 5.75 Å². The molecule has 0 saturated carbocycles. The van der Waals surface area contributed by atoms with Crippen molar-refractivity contribution < 1.29 is 17.5 Å². The zero-order valence-corrected chi connectivity index (χ0v) is 14.3. The normalized spacial score (nSPS) is 16.9. The minimum Gasteiger partial charge on any atom is -0.490 e. The van der Waals surface area contributed by atoms with Crippen LogP contribution >= 0.6 is 0 Å². The highest BCUT2D eigenvalue weighted by Crippen LogP contribution is 2.25. The molecule has 0 amide bonds. The van der Waals surface area contributed by atoms with Gasteiger partial charge in [-0.3, -0.25) is 0 Å². The predicted octanol–water partition coefficient (Wildman–Crippen LogP) is 3.37. The van der Waals surface area contributed by atoms with Gasteiger partial charge in [0.1, 0.15) is 17.7 Å². The summed E-state index contributed by atoms with van der Waals surface area (Å²) in [6, 6.07) is 12.9. The number of sulfonamides is 1. The van der Waals surface area contributed by atoms with Crippen LogP contribution in [0.15, 0.2) is 53.4 Å². The van der Waals surface area contributed by atoms with Gasteiger partial charge >= 0.3 is 0 Å². The van der Waals surface area contributed by atoms with Gasteiger partial charge in [0.25, 0.3) is 0 Å². The van der Waals surface area contributed by atoms with Crippen molar-refractivity contribution >= 4 is 10.0 Å². The number of hydrogen-bond acceptors (Lipinski definition) is 3. The number of benzene rings is 2. The molecule has 128 valence electrons. The maximum absolute atomic E-state index is 12.9. The van der Waals surface area contributed by atoms with Crippen LogP contribution in [0.5, 0.6) is 5.75 Å². The summed E-state index contributed by atoms with van der Waals surface area (Å²) in [7, 11) is -3.47. The molecule has 1 aliphatic heterocycles. The van der Waals surface area contributed by atoms with Gasteiger partial charge in [-0.15, -0.1) is 0 Å². The summed E-state index contributed by atoms with van der Waals surface area (Å²) in [5.41, 5.74) is 0.752. The molecular formula is C18H20FNO3S. The first-order valence-corrected chi connectivity index (χ1v) is 9.39. The van der Waals surface area contributed by atoms with Crippen LogP contribution in [0.2, 0.25) is 0 Å². The standard InChI is InChI=1S/C18H20FNO3S/c1-14-4-2-3-5-18(14)24(21,22)20-12-10-17(11-13-20)23-16-8-6-15(19)7-9-16/h2-9,17H,10-13H2,1H3. The summed E-state index contributed by atoms with van der Waals surface area (Å²) in [5.74, 6) is 0.304. The molecule has 2 aromatic rings. The molecule has 0 atom stereocenters. The first kappa shape index (κ1) is 16.9. The van der Waals surface area contributed by atoms with E-state index < -0.39 is 10.0 Å². The number of aryl methyl sites for hydroxylation is 1. The number of ether oxygens (including phenoxy) is 1. The molecule has 4 nitrogen and oxygen atoms in total. The number of rotatable bonds is 4. The lowest BCUT2D eigenvalue weighted by Crippen LogP contribution is -2.41. The fourth-order valence-corrected chi connectivity index (χ4v) is 4.58. The van der Waals surface area contributed by atoms with Crippen LogP contribution in [-0.2, 0) is 10.0 Å². The Morgan fingerprint density at radius 1 is 1.04 bits per heavy atom. The van der Waals surface area contributed by atoms with Gasteiger partial charge < -0.3 is 4.74 Å². The average molecular weight is 349 g/mol.